The highest BCUT2D eigenvalue weighted by atomic mass is 79.9. The molecular formula is C14H9Br3ClNO2. The largest absolute Gasteiger partial charge is 0.481 e. The first-order chi connectivity index (χ1) is 9.97. The first kappa shape index (κ1) is 16.8. The average Bonchev–Trinajstić information content (AvgIpc) is 2.40. The summed E-state index contributed by atoms with van der Waals surface area (Å²) in [6.07, 6.45) is 0. The van der Waals surface area contributed by atoms with Crippen molar-refractivity contribution < 1.29 is 9.53 Å². The number of hydrogen-bond donors (Lipinski definition) is 1. The van der Waals surface area contributed by atoms with Gasteiger partial charge in [0.1, 0.15) is 5.75 Å². The maximum absolute atomic E-state index is 11.9. The second-order valence-electron chi connectivity index (χ2n) is 4.02. The molecule has 0 heterocycles. The predicted octanol–water partition coefficient (Wildman–Crippen LogP) is 5.65. The van der Waals surface area contributed by atoms with Crippen LogP contribution in [0, 0.1) is 0 Å². The third-order valence-corrected chi connectivity index (χ3v) is 4.42. The van der Waals surface area contributed by atoms with Crippen LogP contribution in [0.5, 0.6) is 5.75 Å². The molecule has 0 aliphatic carbocycles. The Kier molecular flexibility index (Phi) is 6.10. The molecule has 2 aromatic rings. The lowest BCUT2D eigenvalue weighted by Gasteiger charge is -2.11. The molecule has 0 aromatic heterocycles. The van der Waals surface area contributed by atoms with Gasteiger partial charge < -0.3 is 10.1 Å². The number of carbonyl (C=O) groups excluding carboxylic acids is 1. The van der Waals surface area contributed by atoms with Crippen LogP contribution in [0.15, 0.2) is 49.8 Å². The molecule has 0 aliphatic heterocycles. The molecule has 2 aromatic carbocycles. The monoisotopic (exact) mass is 495 g/mol. The normalized spacial score (nSPS) is 10.3. The lowest BCUT2D eigenvalue weighted by Crippen LogP contribution is -2.20. The first-order valence-corrected chi connectivity index (χ1v) is 8.55. The van der Waals surface area contributed by atoms with Crippen molar-refractivity contribution >= 4 is 71.0 Å². The second kappa shape index (κ2) is 7.63. The maximum atomic E-state index is 11.9. The van der Waals surface area contributed by atoms with Gasteiger partial charge in [0.25, 0.3) is 5.91 Å². The zero-order valence-electron chi connectivity index (χ0n) is 10.5. The van der Waals surface area contributed by atoms with Gasteiger partial charge in [0.15, 0.2) is 6.61 Å². The van der Waals surface area contributed by atoms with Crippen molar-refractivity contribution in [1.29, 1.82) is 0 Å². The molecule has 0 saturated carbocycles. The van der Waals surface area contributed by atoms with Gasteiger partial charge in [-0.3, -0.25) is 4.79 Å². The van der Waals surface area contributed by atoms with Gasteiger partial charge >= 0.3 is 0 Å². The fourth-order valence-corrected chi connectivity index (χ4v) is 4.22. The molecule has 0 spiro atoms. The summed E-state index contributed by atoms with van der Waals surface area (Å²) < 4.78 is 7.91. The van der Waals surface area contributed by atoms with Crippen LogP contribution in [0.25, 0.3) is 0 Å². The smallest absolute Gasteiger partial charge is 0.262 e. The molecule has 7 heteroatoms. The number of halogens is 4. The van der Waals surface area contributed by atoms with Crippen LogP contribution in [0.2, 0.25) is 5.02 Å². The summed E-state index contributed by atoms with van der Waals surface area (Å²) in [5.74, 6) is 0.275. The van der Waals surface area contributed by atoms with E-state index in [9.17, 15) is 4.79 Å². The molecule has 2 rings (SSSR count). The molecule has 0 atom stereocenters. The van der Waals surface area contributed by atoms with E-state index in [1.807, 2.05) is 12.1 Å². The van der Waals surface area contributed by atoms with Gasteiger partial charge in [0.2, 0.25) is 0 Å². The zero-order valence-corrected chi connectivity index (χ0v) is 16.0. The van der Waals surface area contributed by atoms with Crippen molar-refractivity contribution in [2.45, 2.75) is 0 Å². The lowest BCUT2D eigenvalue weighted by atomic mass is 10.3. The quantitative estimate of drug-likeness (QED) is 0.592. The zero-order chi connectivity index (χ0) is 15.4. The molecule has 1 amide bonds. The number of para-hydroxylation sites is 1. The SMILES string of the molecule is O=C(COc1c(Br)cc(Br)cc1Br)Nc1ccccc1Cl. The molecule has 3 nitrogen and oxygen atoms in total. The summed E-state index contributed by atoms with van der Waals surface area (Å²) in [5, 5.41) is 3.18. The third-order valence-electron chi connectivity index (χ3n) is 2.46. The lowest BCUT2D eigenvalue weighted by molar-refractivity contribution is -0.118. The van der Waals surface area contributed by atoms with Crippen LogP contribution in [0.4, 0.5) is 5.69 Å². The van der Waals surface area contributed by atoms with Crippen LogP contribution < -0.4 is 10.1 Å². The Hall–Kier alpha value is -0.560. The average molecular weight is 498 g/mol. The van der Waals surface area contributed by atoms with Crippen LogP contribution in [-0.4, -0.2) is 12.5 Å². The van der Waals surface area contributed by atoms with Gasteiger partial charge in [-0.05, 0) is 56.1 Å². The summed E-state index contributed by atoms with van der Waals surface area (Å²) in [4.78, 5) is 11.9. The van der Waals surface area contributed by atoms with Crippen LogP contribution in [0.3, 0.4) is 0 Å². The number of rotatable bonds is 4. The van der Waals surface area contributed by atoms with Gasteiger partial charge in [-0.25, -0.2) is 0 Å². The number of benzene rings is 2. The van der Waals surface area contributed by atoms with Crippen molar-refractivity contribution in [1.82, 2.24) is 0 Å². The third kappa shape index (κ3) is 4.71. The summed E-state index contributed by atoms with van der Waals surface area (Å²) >= 11 is 16.1. The van der Waals surface area contributed by atoms with E-state index in [1.165, 1.54) is 0 Å². The Bertz CT molecular complexity index is 656. The predicted molar refractivity (Wildman–Crippen MR) is 95.1 cm³/mol. The van der Waals surface area contributed by atoms with Crippen molar-refractivity contribution in [2.24, 2.45) is 0 Å². The van der Waals surface area contributed by atoms with Crippen molar-refractivity contribution in [3.63, 3.8) is 0 Å². The Balaban J connectivity index is 2.01. The second-order valence-corrected chi connectivity index (χ2v) is 7.05. The van der Waals surface area contributed by atoms with Gasteiger partial charge in [-0.2, -0.15) is 0 Å². The van der Waals surface area contributed by atoms with E-state index in [2.05, 4.69) is 53.1 Å². The first-order valence-electron chi connectivity index (χ1n) is 5.79. The highest BCUT2D eigenvalue weighted by Gasteiger charge is 2.11. The van der Waals surface area contributed by atoms with Crippen molar-refractivity contribution in [3.05, 3.63) is 54.8 Å². The molecular weight excluding hydrogens is 489 g/mol. The van der Waals surface area contributed by atoms with Crippen molar-refractivity contribution in [2.75, 3.05) is 11.9 Å². The van der Waals surface area contributed by atoms with E-state index >= 15 is 0 Å². The minimum absolute atomic E-state index is 0.121. The van der Waals surface area contributed by atoms with E-state index < -0.39 is 0 Å². The van der Waals surface area contributed by atoms with Gasteiger partial charge in [0, 0.05) is 4.47 Å². The van der Waals surface area contributed by atoms with Gasteiger partial charge in [-0.1, -0.05) is 39.7 Å². The fourth-order valence-electron chi connectivity index (χ4n) is 1.55. The Morgan fingerprint density at radius 3 is 2.38 bits per heavy atom. The Morgan fingerprint density at radius 2 is 1.76 bits per heavy atom. The summed E-state index contributed by atoms with van der Waals surface area (Å²) in [7, 11) is 0. The summed E-state index contributed by atoms with van der Waals surface area (Å²) in [5.41, 5.74) is 0.557. The number of nitrogens with one attached hydrogen (secondary N) is 1. The van der Waals surface area contributed by atoms with E-state index in [0.29, 0.717) is 16.5 Å². The minimum Gasteiger partial charge on any atom is -0.481 e. The fraction of sp³-hybridized carbons (Fsp3) is 0.0714. The topological polar surface area (TPSA) is 38.3 Å². The Labute approximate surface area is 152 Å². The minimum atomic E-state index is -0.287. The van der Waals surface area contributed by atoms with E-state index in [4.69, 9.17) is 16.3 Å². The molecule has 0 saturated heterocycles. The standard InChI is InChI=1S/C14H9Br3ClNO2/c15-8-5-9(16)14(10(17)6-8)21-7-13(20)19-12-4-2-1-3-11(12)18/h1-6H,7H2,(H,19,20). The summed E-state index contributed by atoms with van der Waals surface area (Å²) in [6.45, 7) is -0.121. The van der Waals surface area contributed by atoms with Crippen LogP contribution >= 0.6 is 59.4 Å². The van der Waals surface area contributed by atoms with E-state index in [-0.39, 0.29) is 12.5 Å². The molecule has 110 valence electrons. The number of ether oxygens (including phenoxy) is 1. The molecule has 0 aliphatic rings. The molecule has 21 heavy (non-hydrogen) atoms. The number of anilines is 1. The molecule has 1 N–H and O–H groups in total. The Morgan fingerprint density at radius 1 is 1.14 bits per heavy atom. The number of amides is 1. The number of carbonyl (C=O) groups is 1. The molecule has 0 radical (unpaired) electrons. The molecule has 0 bridgehead atoms. The highest BCUT2D eigenvalue weighted by molar-refractivity contribution is 9.11. The summed E-state index contributed by atoms with van der Waals surface area (Å²) in [6, 6.07) is 10.7. The van der Waals surface area contributed by atoms with Crippen LogP contribution in [0.1, 0.15) is 0 Å². The highest BCUT2D eigenvalue weighted by Crippen LogP contribution is 2.36. The van der Waals surface area contributed by atoms with E-state index in [0.717, 1.165) is 13.4 Å². The van der Waals surface area contributed by atoms with Crippen LogP contribution in [-0.2, 0) is 4.79 Å². The maximum Gasteiger partial charge on any atom is 0.262 e. The van der Waals surface area contributed by atoms with Crippen molar-refractivity contribution in [3.8, 4) is 5.75 Å². The number of hydrogen-bond acceptors (Lipinski definition) is 2. The molecule has 0 unspecified atom stereocenters. The van der Waals surface area contributed by atoms with Gasteiger partial charge in [-0.15, -0.1) is 0 Å². The van der Waals surface area contributed by atoms with Gasteiger partial charge in [0.05, 0.1) is 19.7 Å². The van der Waals surface area contributed by atoms with E-state index in [1.54, 1.807) is 24.3 Å². The molecule has 0 fully saturated rings.